The van der Waals surface area contributed by atoms with Crippen molar-refractivity contribution < 1.29 is 14.2 Å². The third-order valence-corrected chi connectivity index (χ3v) is 4.47. The van der Waals surface area contributed by atoms with E-state index in [1.165, 1.54) is 11.1 Å². The number of nitrogens with one attached hydrogen (secondary N) is 1. The molecule has 0 heterocycles. The van der Waals surface area contributed by atoms with Gasteiger partial charge in [0.1, 0.15) is 5.75 Å². The Morgan fingerprint density at radius 2 is 1.59 bits per heavy atom. The molecule has 0 aliphatic carbocycles. The quantitative estimate of drug-likeness (QED) is 0.598. The largest absolute Gasteiger partial charge is 0.496 e. The van der Waals surface area contributed by atoms with Crippen LogP contribution in [0.25, 0.3) is 0 Å². The number of methoxy groups -OCH3 is 3. The van der Waals surface area contributed by atoms with Crippen molar-refractivity contribution in [2.45, 2.75) is 20.0 Å². The summed E-state index contributed by atoms with van der Waals surface area (Å²) in [5, 5.41) is 3.39. The Morgan fingerprint density at radius 3 is 2.19 bits per heavy atom. The van der Waals surface area contributed by atoms with E-state index in [0.29, 0.717) is 18.0 Å². The van der Waals surface area contributed by atoms with E-state index >= 15 is 0 Å². The van der Waals surface area contributed by atoms with Gasteiger partial charge >= 0.3 is 0 Å². The highest BCUT2D eigenvalue weighted by Gasteiger charge is 2.14. The van der Waals surface area contributed by atoms with E-state index in [1.807, 2.05) is 19.2 Å². The summed E-state index contributed by atoms with van der Waals surface area (Å²) >= 11 is 0. The van der Waals surface area contributed by atoms with Gasteiger partial charge in [-0.1, -0.05) is 24.3 Å². The summed E-state index contributed by atoms with van der Waals surface area (Å²) in [6, 6.07) is 12.1. The lowest BCUT2D eigenvalue weighted by Crippen LogP contribution is -2.38. The average molecular weight is 371 g/mol. The topological polar surface area (TPSA) is 55.3 Å². The molecule has 0 unspecified atom stereocenters. The predicted molar refractivity (Wildman–Crippen MR) is 109 cm³/mol. The maximum absolute atomic E-state index is 5.50. The van der Waals surface area contributed by atoms with E-state index in [2.05, 4.69) is 46.4 Å². The molecule has 146 valence electrons. The first-order valence-electron chi connectivity index (χ1n) is 8.79. The molecule has 0 fully saturated rings. The molecule has 0 saturated carbocycles. The molecular weight excluding hydrogens is 342 g/mol. The molecule has 2 rings (SSSR count). The van der Waals surface area contributed by atoms with E-state index < -0.39 is 0 Å². The van der Waals surface area contributed by atoms with Crippen LogP contribution in [0.15, 0.2) is 41.4 Å². The van der Waals surface area contributed by atoms with Gasteiger partial charge in [0.05, 0.1) is 21.3 Å². The Bertz CT molecular complexity index is 790. The van der Waals surface area contributed by atoms with Crippen molar-refractivity contribution >= 4 is 5.96 Å². The first kappa shape index (κ1) is 20.4. The van der Waals surface area contributed by atoms with Gasteiger partial charge in [0, 0.05) is 38.8 Å². The zero-order chi connectivity index (χ0) is 19.8. The van der Waals surface area contributed by atoms with Crippen molar-refractivity contribution in [3.63, 3.8) is 0 Å². The number of hydrogen-bond acceptors (Lipinski definition) is 4. The summed E-state index contributed by atoms with van der Waals surface area (Å²) in [6.07, 6.45) is 0. The fourth-order valence-electron chi connectivity index (χ4n) is 2.91. The molecule has 0 atom stereocenters. The van der Waals surface area contributed by atoms with Crippen LogP contribution in [-0.2, 0) is 13.1 Å². The number of aliphatic imine (C=N–C) groups is 1. The smallest absolute Gasteiger partial charge is 0.193 e. The summed E-state index contributed by atoms with van der Waals surface area (Å²) in [5.74, 6) is 2.84. The minimum Gasteiger partial charge on any atom is -0.496 e. The van der Waals surface area contributed by atoms with Crippen molar-refractivity contribution in [2.75, 3.05) is 35.4 Å². The highest BCUT2D eigenvalue weighted by Crippen LogP contribution is 2.34. The zero-order valence-electron chi connectivity index (χ0n) is 17.0. The number of guanidine groups is 1. The maximum atomic E-state index is 5.50. The lowest BCUT2D eigenvalue weighted by molar-refractivity contribution is 0.347. The number of benzene rings is 2. The highest BCUT2D eigenvalue weighted by molar-refractivity contribution is 5.79. The molecule has 0 aliphatic heterocycles. The summed E-state index contributed by atoms with van der Waals surface area (Å²) in [4.78, 5) is 6.49. The van der Waals surface area contributed by atoms with Crippen molar-refractivity contribution in [2.24, 2.45) is 4.99 Å². The van der Waals surface area contributed by atoms with Crippen LogP contribution < -0.4 is 19.5 Å². The second-order valence-corrected chi connectivity index (χ2v) is 6.20. The van der Waals surface area contributed by atoms with Crippen LogP contribution in [0, 0.1) is 6.92 Å². The molecule has 0 aromatic heterocycles. The molecule has 0 radical (unpaired) electrons. The van der Waals surface area contributed by atoms with Gasteiger partial charge in [-0.2, -0.15) is 0 Å². The van der Waals surface area contributed by atoms with Crippen LogP contribution in [0.2, 0.25) is 0 Å². The van der Waals surface area contributed by atoms with E-state index in [4.69, 9.17) is 14.2 Å². The maximum Gasteiger partial charge on any atom is 0.193 e. The van der Waals surface area contributed by atoms with Gasteiger partial charge in [-0.25, -0.2) is 0 Å². The van der Waals surface area contributed by atoms with Gasteiger partial charge in [-0.3, -0.25) is 4.99 Å². The number of hydrogen-bond donors (Lipinski definition) is 1. The molecule has 27 heavy (non-hydrogen) atoms. The summed E-state index contributed by atoms with van der Waals surface area (Å²) in [7, 11) is 8.67. The summed E-state index contributed by atoms with van der Waals surface area (Å²) in [5.41, 5.74) is 3.49. The molecule has 0 spiro atoms. The molecular formula is C21H29N3O3. The highest BCUT2D eigenvalue weighted by atomic mass is 16.5. The number of nitrogens with zero attached hydrogens (tertiary/aromatic N) is 2. The van der Waals surface area contributed by atoms with Crippen LogP contribution in [0.4, 0.5) is 0 Å². The van der Waals surface area contributed by atoms with Crippen LogP contribution in [0.5, 0.6) is 17.2 Å². The van der Waals surface area contributed by atoms with E-state index in [1.54, 1.807) is 28.4 Å². The molecule has 6 heteroatoms. The Balaban J connectivity index is 2.12. The molecule has 1 N–H and O–H groups in total. The fourth-order valence-corrected chi connectivity index (χ4v) is 2.91. The van der Waals surface area contributed by atoms with Crippen molar-refractivity contribution in [1.29, 1.82) is 0 Å². The van der Waals surface area contributed by atoms with Gasteiger partial charge in [-0.05, 0) is 24.1 Å². The summed E-state index contributed by atoms with van der Waals surface area (Å²) in [6.45, 7) is 3.44. The summed E-state index contributed by atoms with van der Waals surface area (Å²) < 4.78 is 16.2. The van der Waals surface area contributed by atoms with Crippen molar-refractivity contribution in [1.82, 2.24) is 10.2 Å². The van der Waals surface area contributed by atoms with Crippen LogP contribution in [0.3, 0.4) is 0 Å². The Hall–Kier alpha value is -2.89. The lowest BCUT2D eigenvalue weighted by atomic mass is 10.1. The minimum atomic E-state index is 0.550. The number of ether oxygens (including phenoxy) is 3. The number of rotatable bonds is 7. The molecule has 2 aromatic carbocycles. The third-order valence-electron chi connectivity index (χ3n) is 4.47. The molecule has 0 saturated heterocycles. The Morgan fingerprint density at radius 1 is 0.963 bits per heavy atom. The van der Waals surface area contributed by atoms with Gasteiger partial charge < -0.3 is 24.4 Å². The van der Waals surface area contributed by atoms with Gasteiger partial charge in [0.25, 0.3) is 0 Å². The van der Waals surface area contributed by atoms with E-state index in [0.717, 1.165) is 23.8 Å². The molecule has 2 aromatic rings. The normalized spacial score (nSPS) is 11.1. The van der Waals surface area contributed by atoms with Gasteiger partial charge in [-0.15, -0.1) is 0 Å². The van der Waals surface area contributed by atoms with E-state index in [9.17, 15) is 0 Å². The molecule has 0 bridgehead atoms. The molecule has 6 nitrogen and oxygen atoms in total. The second-order valence-electron chi connectivity index (χ2n) is 6.20. The SMILES string of the molecule is CN=C(NCc1cc(OC)c(OC)cc1OC)N(C)Cc1ccccc1C. The minimum absolute atomic E-state index is 0.550. The van der Waals surface area contributed by atoms with E-state index in [-0.39, 0.29) is 0 Å². The van der Waals surface area contributed by atoms with Crippen molar-refractivity contribution in [3.05, 3.63) is 53.1 Å². The first-order chi connectivity index (χ1) is 13.0. The lowest BCUT2D eigenvalue weighted by Gasteiger charge is -2.23. The fraction of sp³-hybridized carbons (Fsp3) is 0.381. The predicted octanol–water partition coefficient (Wildman–Crippen LogP) is 3.23. The zero-order valence-corrected chi connectivity index (χ0v) is 17.0. The Labute approximate surface area is 161 Å². The average Bonchev–Trinajstić information content (AvgIpc) is 2.69. The second kappa shape index (κ2) is 9.71. The van der Waals surface area contributed by atoms with Crippen LogP contribution in [-0.4, -0.2) is 46.3 Å². The standard InChI is InChI=1S/C21H29N3O3/c1-15-9-7-8-10-16(15)14-24(3)21(22-2)23-13-17-11-19(26-5)20(27-6)12-18(17)25-4/h7-12H,13-14H2,1-6H3,(H,22,23). The third kappa shape index (κ3) is 5.06. The molecule has 0 aliphatic rings. The van der Waals surface area contributed by atoms with Crippen molar-refractivity contribution in [3.8, 4) is 17.2 Å². The van der Waals surface area contributed by atoms with Gasteiger partial charge in [0.2, 0.25) is 0 Å². The first-order valence-corrected chi connectivity index (χ1v) is 8.79. The monoisotopic (exact) mass is 371 g/mol. The Kier molecular flexibility index (Phi) is 7.34. The molecule has 0 amide bonds. The van der Waals surface area contributed by atoms with Crippen LogP contribution >= 0.6 is 0 Å². The van der Waals surface area contributed by atoms with Crippen LogP contribution in [0.1, 0.15) is 16.7 Å². The van der Waals surface area contributed by atoms with Gasteiger partial charge in [0.15, 0.2) is 17.5 Å². The number of aryl methyl sites for hydroxylation is 1.